The van der Waals surface area contributed by atoms with Crippen molar-refractivity contribution < 1.29 is 14.6 Å². The highest BCUT2D eigenvalue weighted by atomic mass is 127. The van der Waals surface area contributed by atoms with E-state index in [1.807, 2.05) is 52.9 Å². The van der Waals surface area contributed by atoms with E-state index in [1.54, 1.807) is 12.1 Å². The molecule has 92 valence electrons. The fraction of sp³-hybridized carbons (Fsp3) is 0.0714. The number of carbonyl (C=O) groups excluding carboxylic acids is 1. The van der Waals surface area contributed by atoms with E-state index in [1.165, 1.54) is 6.92 Å². The summed E-state index contributed by atoms with van der Waals surface area (Å²) >= 11 is 1.96. The maximum atomic E-state index is 11.3. The highest BCUT2D eigenvalue weighted by molar-refractivity contribution is 14.1. The molecule has 2 aromatic carbocycles. The first-order chi connectivity index (χ1) is 8.59. The van der Waals surface area contributed by atoms with Crippen LogP contribution in [0.15, 0.2) is 42.5 Å². The van der Waals surface area contributed by atoms with E-state index in [-0.39, 0.29) is 11.5 Å². The third-order valence-electron chi connectivity index (χ3n) is 2.43. The Balaban J connectivity index is 2.36. The van der Waals surface area contributed by atoms with E-state index in [2.05, 4.69) is 0 Å². The number of para-hydroxylation sites is 1. The predicted octanol–water partition coefficient (Wildman–Crippen LogP) is 3.99. The van der Waals surface area contributed by atoms with Crippen LogP contribution in [0.2, 0.25) is 0 Å². The number of Topliss-reactive ketones (excluding diaryl/α,β-unsaturated/α-hetero) is 1. The zero-order valence-corrected chi connectivity index (χ0v) is 11.8. The van der Waals surface area contributed by atoms with Gasteiger partial charge >= 0.3 is 0 Å². The molecule has 4 heteroatoms. The van der Waals surface area contributed by atoms with Crippen LogP contribution in [0, 0.1) is 3.57 Å². The number of carbonyl (C=O) groups is 1. The number of ketones is 1. The van der Waals surface area contributed by atoms with Crippen LogP contribution in [0.4, 0.5) is 0 Å². The molecule has 0 aliphatic heterocycles. The van der Waals surface area contributed by atoms with Gasteiger partial charge < -0.3 is 9.84 Å². The van der Waals surface area contributed by atoms with Crippen molar-refractivity contribution >= 4 is 28.4 Å². The van der Waals surface area contributed by atoms with Crippen molar-refractivity contribution in [1.82, 2.24) is 0 Å². The Morgan fingerprint density at radius 1 is 1.17 bits per heavy atom. The van der Waals surface area contributed by atoms with Crippen LogP contribution in [0.5, 0.6) is 17.2 Å². The van der Waals surface area contributed by atoms with Crippen molar-refractivity contribution in [3.05, 3.63) is 51.6 Å². The molecule has 0 atom stereocenters. The topological polar surface area (TPSA) is 46.5 Å². The minimum Gasteiger partial charge on any atom is -0.506 e. The second-order valence-electron chi connectivity index (χ2n) is 3.75. The second-order valence-corrected chi connectivity index (χ2v) is 4.82. The van der Waals surface area contributed by atoms with E-state index in [0.717, 1.165) is 0 Å². The number of halogens is 1. The molecule has 1 N–H and O–H groups in total. The third-order valence-corrected chi connectivity index (χ3v) is 3.47. The number of hydrogen-bond donors (Lipinski definition) is 1. The zero-order chi connectivity index (χ0) is 13.1. The van der Waals surface area contributed by atoms with Crippen LogP contribution < -0.4 is 4.74 Å². The van der Waals surface area contributed by atoms with Gasteiger partial charge in [-0.25, -0.2) is 0 Å². The van der Waals surface area contributed by atoms with Gasteiger partial charge in [0.15, 0.2) is 5.78 Å². The van der Waals surface area contributed by atoms with Crippen molar-refractivity contribution in [2.75, 3.05) is 0 Å². The SMILES string of the molecule is CC(=O)c1ccc(Oc2ccccc2)c(I)c1O. The summed E-state index contributed by atoms with van der Waals surface area (Å²) in [4.78, 5) is 11.3. The molecule has 0 aromatic heterocycles. The monoisotopic (exact) mass is 354 g/mol. The summed E-state index contributed by atoms with van der Waals surface area (Å²) in [5, 5.41) is 9.92. The van der Waals surface area contributed by atoms with Gasteiger partial charge in [0.25, 0.3) is 0 Å². The molecule has 0 aliphatic rings. The van der Waals surface area contributed by atoms with Crippen molar-refractivity contribution in [3.63, 3.8) is 0 Å². The average molecular weight is 354 g/mol. The molecule has 0 unspecified atom stereocenters. The standard InChI is InChI=1S/C14H11IO3/c1-9(16)11-7-8-12(13(15)14(11)17)18-10-5-3-2-4-6-10/h2-8,17H,1H3. The van der Waals surface area contributed by atoms with Crippen molar-refractivity contribution in [3.8, 4) is 17.2 Å². The van der Waals surface area contributed by atoms with Crippen LogP contribution >= 0.6 is 22.6 Å². The maximum Gasteiger partial charge on any atom is 0.163 e. The van der Waals surface area contributed by atoms with Crippen LogP contribution in [0.1, 0.15) is 17.3 Å². The lowest BCUT2D eigenvalue weighted by Gasteiger charge is -2.10. The summed E-state index contributed by atoms with van der Waals surface area (Å²) < 4.78 is 6.18. The van der Waals surface area contributed by atoms with Crippen LogP contribution in [0.3, 0.4) is 0 Å². The molecular weight excluding hydrogens is 343 g/mol. The lowest BCUT2D eigenvalue weighted by Crippen LogP contribution is -1.96. The lowest BCUT2D eigenvalue weighted by molar-refractivity contribution is 0.101. The molecule has 0 radical (unpaired) electrons. The van der Waals surface area contributed by atoms with E-state index < -0.39 is 0 Å². The summed E-state index contributed by atoms with van der Waals surface area (Å²) in [6.07, 6.45) is 0. The molecule has 3 nitrogen and oxygen atoms in total. The van der Waals surface area contributed by atoms with E-state index in [4.69, 9.17) is 4.74 Å². The fourth-order valence-corrected chi connectivity index (χ4v) is 2.10. The Hall–Kier alpha value is -1.56. The largest absolute Gasteiger partial charge is 0.506 e. The lowest BCUT2D eigenvalue weighted by atomic mass is 10.1. The number of ether oxygens (including phenoxy) is 1. The minimum atomic E-state index is -0.170. The molecule has 0 heterocycles. The number of hydrogen-bond acceptors (Lipinski definition) is 3. The molecule has 0 bridgehead atoms. The molecule has 0 spiro atoms. The molecular formula is C14H11IO3. The smallest absolute Gasteiger partial charge is 0.163 e. The predicted molar refractivity (Wildman–Crippen MR) is 77.3 cm³/mol. The summed E-state index contributed by atoms with van der Waals surface area (Å²) in [6.45, 7) is 1.42. The van der Waals surface area contributed by atoms with E-state index in [0.29, 0.717) is 20.6 Å². The van der Waals surface area contributed by atoms with Gasteiger partial charge in [-0.2, -0.15) is 0 Å². The molecule has 0 aliphatic carbocycles. The third kappa shape index (κ3) is 2.64. The van der Waals surface area contributed by atoms with Crippen LogP contribution in [0.25, 0.3) is 0 Å². The quantitative estimate of drug-likeness (QED) is 0.670. The van der Waals surface area contributed by atoms with Crippen LogP contribution in [-0.4, -0.2) is 10.9 Å². The van der Waals surface area contributed by atoms with Gasteiger partial charge in [-0.15, -0.1) is 0 Å². The first-order valence-electron chi connectivity index (χ1n) is 5.35. The molecule has 2 rings (SSSR count). The van der Waals surface area contributed by atoms with Gasteiger partial charge in [-0.05, 0) is 53.8 Å². The van der Waals surface area contributed by atoms with Gasteiger partial charge in [-0.3, -0.25) is 4.79 Å². The summed E-state index contributed by atoms with van der Waals surface area (Å²) in [5.74, 6) is 1.02. The van der Waals surface area contributed by atoms with Crippen molar-refractivity contribution in [2.45, 2.75) is 6.92 Å². The Labute approximate surface area is 119 Å². The molecule has 18 heavy (non-hydrogen) atoms. The Kier molecular flexibility index (Phi) is 3.86. The Morgan fingerprint density at radius 2 is 1.83 bits per heavy atom. The normalized spacial score (nSPS) is 10.1. The molecule has 0 fully saturated rings. The number of phenolic OH excluding ortho intramolecular Hbond substituents is 1. The van der Waals surface area contributed by atoms with Crippen molar-refractivity contribution in [2.24, 2.45) is 0 Å². The number of aromatic hydroxyl groups is 1. The highest BCUT2D eigenvalue weighted by Crippen LogP contribution is 2.35. The summed E-state index contributed by atoms with van der Waals surface area (Å²) in [5.41, 5.74) is 0.305. The first kappa shape index (κ1) is 12.9. The molecule has 0 saturated heterocycles. The Bertz CT molecular complexity index is 579. The fourth-order valence-electron chi connectivity index (χ4n) is 1.52. The first-order valence-corrected chi connectivity index (χ1v) is 6.43. The minimum absolute atomic E-state index is 0.0310. The number of benzene rings is 2. The second kappa shape index (κ2) is 5.39. The number of phenols is 1. The van der Waals surface area contributed by atoms with E-state index in [9.17, 15) is 9.90 Å². The Morgan fingerprint density at radius 3 is 2.44 bits per heavy atom. The van der Waals surface area contributed by atoms with Gasteiger partial charge in [-0.1, -0.05) is 18.2 Å². The number of rotatable bonds is 3. The zero-order valence-electron chi connectivity index (χ0n) is 9.68. The molecule has 0 saturated carbocycles. The van der Waals surface area contributed by atoms with Gasteiger partial charge in [0, 0.05) is 0 Å². The average Bonchev–Trinajstić information content (AvgIpc) is 2.36. The highest BCUT2D eigenvalue weighted by Gasteiger charge is 2.14. The van der Waals surface area contributed by atoms with Crippen LogP contribution in [-0.2, 0) is 0 Å². The maximum absolute atomic E-state index is 11.3. The summed E-state index contributed by atoms with van der Waals surface area (Å²) in [6, 6.07) is 12.5. The van der Waals surface area contributed by atoms with Crippen molar-refractivity contribution in [1.29, 1.82) is 0 Å². The molecule has 2 aromatic rings. The van der Waals surface area contributed by atoms with E-state index >= 15 is 0 Å². The summed E-state index contributed by atoms with van der Waals surface area (Å²) in [7, 11) is 0. The molecule has 0 amide bonds. The van der Waals surface area contributed by atoms with Gasteiger partial charge in [0.2, 0.25) is 0 Å². The van der Waals surface area contributed by atoms with Gasteiger partial charge in [0.1, 0.15) is 17.2 Å². The van der Waals surface area contributed by atoms with Gasteiger partial charge in [0.05, 0.1) is 9.13 Å².